The Morgan fingerprint density at radius 1 is 1.15 bits per heavy atom. The molecule has 0 radical (unpaired) electrons. The van der Waals surface area contributed by atoms with Crippen molar-refractivity contribution in [3.8, 4) is 0 Å². The van der Waals surface area contributed by atoms with Crippen LogP contribution in [-0.4, -0.2) is 21.9 Å². The van der Waals surface area contributed by atoms with Crippen LogP contribution in [0, 0.1) is 5.82 Å². The predicted molar refractivity (Wildman–Crippen MR) is 129 cm³/mol. The first-order chi connectivity index (χ1) is 15.9. The second-order valence-electron chi connectivity index (χ2n) is 8.50. The zero-order chi connectivity index (χ0) is 23.2. The quantitative estimate of drug-likeness (QED) is 0.447. The van der Waals surface area contributed by atoms with Crippen LogP contribution in [0.3, 0.4) is 0 Å². The van der Waals surface area contributed by atoms with Gasteiger partial charge in [0.25, 0.3) is 5.91 Å². The summed E-state index contributed by atoms with van der Waals surface area (Å²) in [6.45, 7) is 4.45. The summed E-state index contributed by atoms with van der Waals surface area (Å²) in [6, 6.07) is 17.7. The van der Waals surface area contributed by atoms with Crippen LogP contribution >= 0.6 is 11.3 Å². The Morgan fingerprint density at radius 2 is 1.91 bits per heavy atom. The molecule has 33 heavy (non-hydrogen) atoms. The minimum absolute atomic E-state index is 0.190. The van der Waals surface area contributed by atoms with Gasteiger partial charge in [-0.2, -0.15) is 0 Å². The summed E-state index contributed by atoms with van der Waals surface area (Å²) in [4.78, 5) is 30.2. The van der Waals surface area contributed by atoms with Crippen molar-refractivity contribution in [2.75, 3.05) is 4.90 Å². The molecule has 4 aromatic rings. The van der Waals surface area contributed by atoms with Gasteiger partial charge in [0, 0.05) is 17.6 Å². The highest BCUT2D eigenvalue weighted by Crippen LogP contribution is 2.38. The van der Waals surface area contributed by atoms with Crippen LogP contribution < -0.4 is 10.2 Å². The predicted octanol–water partition coefficient (Wildman–Crippen LogP) is 5.14. The number of fused-ring (bicyclic) bond motifs is 3. The van der Waals surface area contributed by atoms with Crippen molar-refractivity contribution in [1.82, 2.24) is 9.88 Å². The van der Waals surface area contributed by atoms with Crippen LogP contribution in [0.25, 0.3) is 10.2 Å². The van der Waals surface area contributed by atoms with Gasteiger partial charge in [-0.1, -0.05) is 37.3 Å². The number of hydrogen-bond acceptors (Lipinski definition) is 3. The number of nitrogens with zero attached hydrogens (tertiary/aromatic N) is 2. The Bertz CT molecular complexity index is 1360. The van der Waals surface area contributed by atoms with Crippen LogP contribution in [0.2, 0.25) is 0 Å². The monoisotopic (exact) mass is 461 g/mol. The van der Waals surface area contributed by atoms with E-state index < -0.39 is 5.54 Å². The highest BCUT2D eigenvalue weighted by Gasteiger charge is 2.49. The molecule has 2 amide bonds. The van der Waals surface area contributed by atoms with Crippen molar-refractivity contribution in [2.24, 2.45) is 0 Å². The van der Waals surface area contributed by atoms with Crippen molar-refractivity contribution in [3.63, 3.8) is 0 Å². The lowest BCUT2D eigenvalue weighted by molar-refractivity contribution is -0.126. The summed E-state index contributed by atoms with van der Waals surface area (Å²) in [6.07, 6.45) is 0.739. The highest BCUT2D eigenvalue weighted by atomic mass is 32.1. The first-order valence-corrected chi connectivity index (χ1v) is 11.8. The number of thiophene rings is 1. The lowest BCUT2D eigenvalue weighted by atomic mass is 9.92. The van der Waals surface area contributed by atoms with Crippen LogP contribution in [-0.2, 0) is 24.3 Å². The first-order valence-electron chi connectivity index (χ1n) is 10.9. The molecular weight excluding hydrogens is 437 g/mol. The molecular formula is C26H24FN3O2S. The number of amides is 2. The number of halogens is 1. The average Bonchev–Trinajstić information content (AvgIpc) is 3.41. The van der Waals surface area contributed by atoms with E-state index in [0.717, 1.165) is 33.5 Å². The van der Waals surface area contributed by atoms with E-state index in [4.69, 9.17) is 0 Å². The van der Waals surface area contributed by atoms with E-state index >= 15 is 0 Å². The second kappa shape index (κ2) is 8.15. The first kappa shape index (κ1) is 21.4. The topological polar surface area (TPSA) is 54.3 Å². The standard InChI is InChI=1S/C26H24FN3O2S/c1-3-18-6-4-5-7-21(18)30-23(31)22-14-19-12-13-33-24(19)29(22)16-26(30,2)25(32)28-15-17-8-10-20(27)11-9-17/h4-14H,3,15-16H2,1-2H3,(H,28,32). The molecule has 7 heteroatoms. The smallest absolute Gasteiger partial charge is 0.275 e. The maximum Gasteiger partial charge on any atom is 0.275 e. The molecule has 1 unspecified atom stereocenters. The number of aromatic nitrogens is 1. The number of hydrogen-bond donors (Lipinski definition) is 1. The van der Waals surface area contributed by atoms with Gasteiger partial charge in [-0.15, -0.1) is 11.3 Å². The summed E-state index contributed by atoms with van der Waals surface area (Å²) in [5.74, 6) is -0.766. The van der Waals surface area contributed by atoms with E-state index in [1.54, 1.807) is 28.4 Å². The summed E-state index contributed by atoms with van der Waals surface area (Å²) in [5.41, 5.74) is 1.99. The van der Waals surface area contributed by atoms with Gasteiger partial charge in [-0.05, 0) is 60.2 Å². The molecule has 0 bridgehead atoms. The second-order valence-corrected chi connectivity index (χ2v) is 9.40. The SMILES string of the molecule is CCc1ccccc1N1C(=O)c2cc3ccsc3n2CC1(C)C(=O)NCc1ccc(F)cc1. The number of carbonyl (C=O) groups is 2. The van der Waals surface area contributed by atoms with Gasteiger partial charge in [0.2, 0.25) is 5.91 Å². The van der Waals surface area contributed by atoms with Crippen LogP contribution in [0.15, 0.2) is 66.0 Å². The van der Waals surface area contributed by atoms with Gasteiger partial charge < -0.3 is 9.88 Å². The van der Waals surface area contributed by atoms with Crippen molar-refractivity contribution in [1.29, 1.82) is 0 Å². The molecule has 0 saturated heterocycles. The average molecular weight is 462 g/mol. The lowest BCUT2D eigenvalue weighted by Crippen LogP contribution is -2.64. The molecule has 1 atom stereocenters. The Hall–Kier alpha value is -3.45. The molecule has 5 nitrogen and oxygen atoms in total. The number of rotatable bonds is 5. The van der Waals surface area contributed by atoms with Gasteiger partial charge in [0.15, 0.2) is 0 Å². The van der Waals surface area contributed by atoms with Crippen molar-refractivity contribution in [3.05, 3.63) is 88.7 Å². The Balaban J connectivity index is 1.58. The fourth-order valence-electron chi connectivity index (χ4n) is 4.58. The molecule has 1 aliphatic heterocycles. The number of aryl methyl sites for hydroxylation is 1. The Morgan fingerprint density at radius 3 is 2.67 bits per heavy atom. The van der Waals surface area contributed by atoms with E-state index in [9.17, 15) is 14.0 Å². The summed E-state index contributed by atoms with van der Waals surface area (Å²) in [5, 5.41) is 5.98. The number of para-hydroxylation sites is 1. The summed E-state index contributed by atoms with van der Waals surface area (Å²) in [7, 11) is 0. The third-order valence-electron chi connectivity index (χ3n) is 6.35. The van der Waals surface area contributed by atoms with Gasteiger partial charge in [0.1, 0.15) is 21.9 Å². The number of benzene rings is 2. The molecule has 0 fully saturated rings. The minimum Gasteiger partial charge on any atom is -0.350 e. The third kappa shape index (κ3) is 3.53. The van der Waals surface area contributed by atoms with Gasteiger partial charge in [-0.3, -0.25) is 14.5 Å². The maximum absolute atomic E-state index is 13.9. The van der Waals surface area contributed by atoms with E-state index in [1.807, 2.05) is 60.2 Å². The van der Waals surface area contributed by atoms with Gasteiger partial charge >= 0.3 is 0 Å². The molecule has 2 aromatic carbocycles. The molecule has 1 aliphatic rings. The molecule has 2 aromatic heterocycles. The summed E-state index contributed by atoms with van der Waals surface area (Å²) < 4.78 is 15.2. The Kier molecular flexibility index (Phi) is 5.29. The molecule has 5 rings (SSSR count). The van der Waals surface area contributed by atoms with E-state index in [1.165, 1.54) is 12.1 Å². The normalized spacial score (nSPS) is 17.9. The van der Waals surface area contributed by atoms with Crippen LogP contribution in [0.1, 0.15) is 35.5 Å². The van der Waals surface area contributed by atoms with E-state index in [-0.39, 0.29) is 24.2 Å². The molecule has 1 N–H and O–H groups in total. The number of carbonyl (C=O) groups excluding carboxylic acids is 2. The highest BCUT2D eigenvalue weighted by molar-refractivity contribution is 7.16. The minimum atomic E-state index is -1.15. The summed E-state index contributed by atoms with van der Waals surface area (Å²) >= 11 is 1.56. The zero-order valence-corrected chi connectivity index (χ0v) is 19.3. The van der Waals surface area contributed by atoms with Crippen LogP contribution in [0.5, 0.6) is 0 Å². The molecule has 0 aliphatic carbocycles. The van der Waals surface area contributed by atoms with E-state index in [2.05, 4.69) is 5.32 Å². The Labute approximate surface area is 195 Å². The zero-order valence-electron chi connectivity index (χ0n) is 18.5. The largest absolute Gasteiger partial charge is 0.350 e. The van der Waals surface area contributed by atoms with Crippen LogP contribution in [0.4, 0.5) is 10.1 Å². The molecule has 168 valence electrons. The molecule has 3 heterocycles. The van der Waals surface area contributed by atoms with Crippen molar-refractivity contribution >= 4 is 39.1 Å². The number of anilines is 1. The van der Waals surface area contributed by atoms with Crippen molar-refractivity contribution < 1.29 is 14.0 Å². The van der Waals surface area contributed by atoms with E-state index in [0.29, 0.717) is 12.2 Å². The lowest BCUT2D eigenvalue weighted by Gasteiger charge is -2.44. The fourth-order valence-corrected chi connectivity index (χ4v) is 5.47. The van der Waals surface area contributed by atoms with Gasteiger partial charge in [0.05, 0.1) is 6.54 Å². The molecule has 0 spiro atoms. The maximum atomic E-state index is 13.9. The fraction of sp³-hybridized carbons (Fsp3) is 0.231. The van der Waals surface area contributed by atoms with Crippen molar-refractivity contribution in [2.45, 2.75) is 38.9 Å². The number of nitrogens with one attached hydrogen (secondary N) is 1. The molecule has 0 saturated carbocycles. The van der Waals surface area contributed by atoms with Gasteiger partial charge in [-0.25, -0.2) is 4.39 Å². The third-order valence-corrected chi connectivity index (χ3v) is 7.30.